The van der Waals surface area contributed by atoms with Crippen molar-refractivity contribution in [2.75, 3.05) is 5.32 Å². The number of thiophene rings is 1. The molecule has 4 rings (SSSR count). The summed E-state index contributed by atoms with van der Waals surface area (Å²) < 4.78 is 1.66. The molecule has 0 atom stereocenters. The number of nitrogens with zero attached hydrogens (tertiary/aromatic N) is 3. The highest BCUT2D eigenvalue weighted by atomic mass is 35.5. The zero-order valence-corrected chi connectivity index (χ0v) is 17.6. The minimum absolute atomic E-state index is 0.158. The lowest BCUT2D eigenvalue weighted by atomic mass is 10.2. The fraction of sp³-hybridized carbons (Fsp3) is 0.105. The van der Waals surface area contributed by atoms with Crippen LogP contribution in [0.2, 0.25) is 10.0 Å². The number of anilines is 1. The third-order valence-electron chi connectivity index (χ3n) is 4.02. The second-order valence-electron chi connectivity index (χ2n) is 5.96. The first kappa shape index (κ1) is 19.1. The van der Waals surface area contributed by atoms with Gasteiger partial charge in [0, 0.05) is 38.0 Å². The molecule has 1 N–H and O–H groups in total. The van der Waals surface area contributed by atoms with Crippen molar-refractivity contribution in [3.05, 3.63) is 74.0 Å². The van der Waals surface area contributed by atoms with Crippen molar-refractivity contribution in [3.63, 3.8) is 0 Å². The van der Waals surface area contributed by atoms with Gasteiger partial charge in [-0.3, -0.25) is 4.79 Å². The third-order valence-corrected chi connectivity index (χ3v) is 6.35. The Morgan fingerprint density at radius 2 is 1.96 bits per heavy atom. The van der Waals surface area contributed by atoms with Gasteiger partial charge in [0.2, 0.25) is 5.91 Å². The fourth-order valence-corrected chi connectivity index (χ4v) is 4.71. The topological polar surface area (TPSA) is 59.8 Å². The van der Waals surface area contributed by atoms with E-state index in [0.717, 1.165) is 21.8 Å². The van der Waals surface area contributed by atoms with E-state index in [0.29, 0.717) is 22.4 Å². The highest BCUT2D eigenvalue weighted by Crippen LogP contribution is 2.27. The quantitative estimate of drug-likeness (QED) is 0.417. The van der Waals surface area contributed by atoms with Gasteiger partial charge in [-0.2, -0.15) is 16.4 Å². The number of carbonyl (C=O) groups excluding carboxylic acids is 1. The number of benzene rings is 1. The Labute approximate surface area is 179 Å². The Hall–Kier alpha value is -2.19. The van der Waals surface area contributed by atoms with Crippen LogP contribution < -0.4 is 5.32 Å². The molecule has 0 fully saturated rings. The molecule has 28 heavy (non-hydrogen) atoms. The van der Waals surface area contributed by atoms with E-state index in [1.165, 1.54) is 11.3 Å². The third kappa shape index (κ3) is 4.28. The van der Waals surface area contributed by atoms with Crippen LogP contribution in [0.3, 0.4) is 0 Å². The number of rotatable bonds is 6. The van der Waals surface area contributed by atoms with E-state index in [2.05, 4.69) is 15.4 Å². The van der Waals surface area contributed by atoms with E-state index >= 15 is 0 Å². The lowest BCUT2D eigenvalue weighted by molar-refractivity contribution is -0.115. The van der Waals surface area contributed by atoms with Crippen LogP contribution >= 0.6 is 45.9 Å². The zero-order chi connectivity index (χ0) is 19.5. The molecule has 5 nitrogen and oxygen atoms in total. The average Bonchev–Trinajstić information content (AvgIpc) is 3.40. The molecule has 0 bridgehead atoms. The highest BCUT2D eigenvalue weighted by molar-refractivity contribution is 7.14. The molecule has 0 aliphatic rings. The summed E-state index contributed by atoms with van der Waals surface area (Å²) in [6.45, 7) is 0.361. The monoisotopic (exact) mass is 448 g/mol. The van der Waals surface area contributed by atoms with Crippen LogP contribution in [0.1, 0.15) is 11.3 Å². The van der Waals surface area contributed by atoms with E-state index in [-0.39, 0.29) is 12.3 Å². The van der Waals surface area contributed by atoms with E-state index in [1.54, 1.807) is 46.5 Å². The number of hydrogen-bond acceptors (Lipinski definition) is 5. The second-order valence-corrected chi connectivity index (χ2v) is 8.41. The number of thiazole rings is 1. The summed E-state index contributed by atoms with van der Waals surface area (Å²) in [5.41, 5.74) is 2.57. The Balaban J connectivity index is 1.44. The van der Waals surface area contributed by atoms with Crippen molar-refractivity contribution in [1.29, 1.82) is 0 Å². The maximum atomic E-state index is 12.5. The first-order valence-corrected chi connectivity index (χ1v) is 10.9. The van der Waals surface area contributed by atoms with Gasteiger partial charge in [-0.25, -0.2) is 9.67 Å². The van der Waals surface area contributed by atoms with Crippen LogP contribution in [-0.4, -0.2) is 20.7 Å². The number of halogens is 2. The molecular weight excluding hydrogens is 435 g/mol. The van der Waals surface area contributed by atoms with Crippen LogP contribution in [-0.2, 0) is 17.8 Å². The predicted molar refractivity (Wildman–Crippen MR) is 116 cm³/mol. The Bertz CT molecular complexity index is 1080. The molecule has 1 aromatic carbocycles. The number of aromatic nitrogens is 3. The molecule has 0 saturated heterocycles. The average molecular weight is 449 g/mol. The van der Waals surface area contributed by atoms with Crippen molar-refractivity contribution < 1.29 is 4.79 Å². The summed E-state index contributed by atoms with van der Waals surface area (Å²) in [6, 6.07) is 9.10. The van der Waals surface area contributed by atoms with Crippen LogP contribution in [0.15, 0.2) is 52.7 Å². The van der Waals surface area contributed by atoms with Crippen molar-refractivity contribution in [2.24, 2.45) is 0 Å². The summed E-state index contributed by atoms with van der Waals surface area (Å²) in [7, 11) is 0. The molecule has 0 unspecified atom stereocenters. The van der Waals surface area contributed by atoms with Crippen molar-refractivity contribution in [2.45, 2.75) is 13.0 Å². The van der Waals surface area contributed by atoms with Crippen LogP contribution in [0.25, 0.3) is 10.6 Å². The Morgan fingerprint density at radius 3 is 2.71 bits per heavy atom. The molecule has 1 amide bonds. The van der Waals surface area contributed by atoms with E-state index < -0.39 is 0 Å². The fourth-order valence-electron chi connectivity index (χ4n) is 2.66. The molecule has 0 saturated carbocycles. The molecule has 9 heteroatoms. The molecule has 0 aliphatic heterocycles. The SMILES string of the molecule is O=C(Cc1csc(-c2ccsc2)n1)Nc1ccnn1Cc1c(Cl)cccc1Cl. The van der Waals surface area contributed by atoms with E-state index in [4.69, 9.17) is 23.2 Å². The molecule has 142 valence electrons. The largest absolute Gasteiger partial charge is 0.311 e. The summed E-state index contributed by atoms with van der Waals surface area (Å²) in [4.78, 5) is 17.0. The van der Waals surface area contributed by atoms with Gasteiger partial charge in [0.25, 0.3) is 0 Å². The van der Waals surface area contributed by atoms with Gasteiger partial charge in [-0.05, 0) is 23.6 Å². The van der Waals surface area contributed by atoms with Crippen molar-refractivity contribution in [1.82, 2.24) is 14.8 Å². The van der Waals surface area contributed by atoms with Crippen LogP contribution in [0, 0.1) is 0 Å². The standard InChI is InChI=1S/C19H14Cl2N4OS2/c20-15-2-1-3-16(21)14(15)9-25-17(4-6-22-25)24-18(26)8-13-11-28-19(23-13)12-5-7-27-10-12/h1-7,10-11H,8-9H2,(H,24,26). The minimum atomic E-state index is -0.158. The van der Waals surface area contributed by atoms with Crippen LogP contribution in [0.5, 0.6) is 0 Å². The van der Waals surface area contributed by atoms with Gasteiger partial charge in [-0.1, -0.05) is 29.3 Å². The van der Waals surface area contributed by atoms with Gasteiger partial charge < -0.3 is 5.32 Å². The highest BCUT2D eigenvalue weighted by Gasteiger charge is 2.13. The number of amides is 1. The number of nitrogens with one attached hydrogen (secondary N) is 1. The smallest absolute Gasteiger partial charge is 0.231 e. The Morgan fingerprint density at radius 1 is 1.14 bits per heavy atom. The van der Waals surface area contributed by atoms with E-state index in [1.807, 2.05) is 22.2 Å². The van der Waals surface area contributed by atoms with Gasteiger partial charge in [-0.15, -0.1) is 11.3 Å². The van der Waals surface area contributed by atoms with Crippen molar-refractivity contribution >= 4 is 57.6 Å². The summed E-state index contributed by atoms with van der Waals surface area (Å²) in [5.74, 6) is 0.420. The maximum Gasteiger partial charge on any atom is 0.231 e. The van der Waals surface area contributed by atoms with Gasteiger partial charge in [0.15, 0.2) is 0 Å². The van der Waals surface area contributed by atoms with Gasteiger partial charge in [0.1, 0.15) is 10.8 Å². The molecule has 0 radical (unpaired) electrons. The predicted octanol–water partition coefficient (Wildman–Crippen LogP) is 5.60. The lowest BCUT2D eigenvalue weighted by Crippen LogP contribution is -2.18. The number of carbonyl (C=O) groups is 1. The summed E-state index contributed by atoms with van der Waals surface area (Å²) in [5, 5.41) is 15.1. The lowest BCUT2D eigenvalue weighted by Gasteiger charge is -2.11. The molecule has 3 aromatic heterocycles. The zero-order valence-electron chi connectivity index (χ0n) is 14.4. The second kappa shape index (κ2) is 8.45. The first-order valence-electron chi connectivity index (χ1n) is 8.31. The van der Waals surface area contributed by atoms with Gasteiger partial charge in [0.05, 0.1) is 24.9 Å². The molecule has 0 spiro atoms. The molecule has 3 heterocycles. The maximum absolute atomic E-state index is 12.5. The normalized spacial score (nSPS) is 10.9. The summed E-state index contributed by atoms with van der Waals surface area (Å²) in [6.07, 6.45) is 1.82. The van der Waals surface area contributed by atoms with Crippen LogP contribution in [0.4, 0.5) is 5.82 Å². The number of hydrogen-bond donors (Lipinski definition) is 1. The van der Waals surface area contributed by atoms with Gasteiger partial charge >= 0.3 is 0 Å². The first-order chi connectivity index (χ1) is 13.6. The van der Waals surface area contributed by atoms with E-state index in [9.17, 15) is 4.79 Å². The molecular formula is C19H14Cl2N4OS2. The Kier molecular flexibility index (Phi) is 5.77. The molecule has 4 aromatic rings. The minimum Gasteiger partial charge on any atom is -0.311 e. The van der Waals surface area contributed by atoms with Crippen molar-refractivity contribution in [3.8, 4) is 10.6 Å². The summed E-state index contributed by atoms with van der Waals surface area (Å²) >= 11 is 15.6. The molecule has 0 aliphatic carbocycles.